The molecule has 1 aliphatic rings. The van der Waals surface area contributed by atoms with Gasteiger partial charge in [0, 0.05) is 13.1 Å². The van der Waals surface area contributed by atoms with E-state index < -0.39 is 17.3 Å². The van der Waals surface area contributed by atoms with E-state index in [0.717, 1.165) is 37.4 Å². The molecule has 1 heterocycles. The predicted molar refractivity (Wildman–Crippen MR) is 80.1 cm³/mol. The van der Waals surface area contributed by atoms with Crippen LogP contribution in [0.1, 0.15) is 44.9 Å². The van der Waals surface area contributed by atoms with Crippen LogP contribution in [0, 0.1) is 0 Å². The fourth-order valence-corrected chi connectivity index (χ4v) is 3.57. The van der Waals surface area contributed by atoms with Crippen LogP contribution in [0.15, 0.2) is 5.16 Å². The molecular formula is C13H20F3N5OS. The van der Waals surface area contributed by atoms with Gasteiger partial charge in [-0.25, -0.2) is 4.68 Å². The van der Waals surface area contributed by atoms with Crippen LogP contribution in [0.2, 0.25) is 0 Å². The molecule has 0 unspecified atom stereocenters. The Morgan fingerprint density at radius 2 is 1.96 bits per heavy atom. The third-order valence-corrected chi connectivity index (χ3v) is 5.06. The lowest BCUT2D eigenvalue weighted by Crippen LogP contribution is -2.42. The highest BCUT2D eigenvalue weighted by atomic mass is 32.2. The lowest BCUT2D eigenvalue weighted by atomic mass is 9.94. The van der Waals surface area contributed by atoms with E-state index in [1.807, 2.05) is 0 Å². The van der Waals surface area contributed by atoms with Gasteiger partial charge in [0.05, 0.1) is 5.25 Å². The topological polar surface area (TPSA) is 77.0 Å². The van der Waals surface area contributed by atoms with Gasteiger partial charge in [-0.05, 0) is 19.8 Å². The summed E-state index contributed by atoms with van der Waals surface area (Å²) in [6.45, 7) is 1.63. The molecule has 2 N–H and O–H groups in total. The molecule has 1 saturated carbocycles. The Morgan fingerprint density at radius 1 is 1.35 bits per heavy atom. The smallest absolute Gasteiger partial charge is 0.342 e. The number of thioether (sulfide) groups is 1. The van der Waals surface area contributed by atoms with Gasteiger partial charge in [-0.15, -0.1) is 10.2 Å². The van der Waals surface area contributed by atoms with Crippen molar-refractivity contribution in [3.05, 3.63) is 5.82 Å². The zero-order valence-corrected chi connectivity index (χ0v) is 13.8. The minimum Gasteiger partial charge on any atom is -0.342 e. The maximum atomic E-state index is 12.6. The maximum Gasteiger partial charge on any atom is 0.453 e. The van der Waals surface area contributed by atoms with Crippen molar-refractivity contribution in [3.63, 3.8) is 0 Å². The number of amides is 1. The Hall–Kier alpha value is -1.45. The molecule has 10 heteroatoms. The first-order valence-corrected chi connectivity index (χ1v) is 8.30. The summed E-state index contributed by atoms with van der Waals surface area (Å²) in [5.74, 6) is 3.96. The molecule has 0 aromatic carbocycles. The second-order valence-electron chi connectivity index (χ2n) is 5.67. The number of nitrogen functional groups attached to an aromatic ring is 1. The highest BCUT2D eigenvalue weighted by Crippen LogP contribution is 2.31. The van der Waals surface area contributed by atoms with Gasteiger partial charge in [-0.1, -0.05) is 31.0 Å². The van der Waals surface area contributed by atoms with Gasteiger partial charge in [-0.2, -0.15) is 13.2 Å². The van der Waals surface area contributed by atoms with Gasteiger partial charge in [0.15, 0.2) is 0 Å². The molecule has 1 aromatic rings. The van der Waals surface area contributed by atoms with Gasteiger partial charge in [0.25, 0.3) is 5.82 Å². The Kier molecular flexibility index (Phi) is 5.43. The van der Waals surface area contributed by atoms with Crippen molar-refractivity contribution in [1.29, 1.82) is 0 Å². The highest BCUT2D eigenvalue weighted by molar-refractivity contribution is 8.00. The average Bonchev–Trinajstić information content (AvgIpc) is 2.87. The summed E-state index contributed by atoms with van der Waals surface area (Å²) in [5.41, 5.74) is 0. The van der Waals surface area contributed by atoms with Gasteiger partial charge in [0.2, 0.25) is 11.1 Å². The van der Waals surface area contributed by atoms with Gasteiger partial charge >= 0.3 is 6.18 Å². The number of halogens is 3. The molecule has 2 rings (SSSR count). The summed E-state index contributed by atoms with van der Waals surface area (Å²) in [6, 6.07) is 0.195. The molecule has 0 spiro atoms. The van der Waals surface area contributed by atoms with E-state index in [-0.39, 0.29) is 17.1 Å². The summed E-state index contributed by atoms with van der Waals surface area (Å²) < 4.78 is 38.3. The zero-order valence-electron chi connectivity index (χ0n) is 13.0. The molecule has 130 valence electrons. The van der Waals surface area contributed by atoms with E-state index >= 15 is 0 Å². The van der Waals surface area contributed by atoms with Crippen LogP contribution in [0.25, 0.3) is 0 Å². The van der Waals surface area contributed by atoms with Crippen LogP contribution in [-0.2, 0) is 11.0 Å². The van der Waals surface area contributed by atoms with Crippen molar-refractivity contribution in [2.45, 2.75) is 61.7 Å². The van der Waals surface area contributed by atoms with Crippen molar-refractivity contribution in [3.8, 4) is 0 Å². The summed E-state index contributed by atoms with van der Waals surface area (Å²) in [7, 11) is 1.74. The van der Waals surface area contributed by atoms with E-state index in [2.05, 4.69) is 10.2 Å². The molecule has 0 aliphatic heterocycles. The minimum absolute atomic E-state index is 0.129. The van der Waals surface area contributed by atoms with Crippen molar-refractivity contribution in [2.75, 3.05) is 12.9 Å². The first-order chi connectivity index (χ1) is 10.7. The number of nitrogens with zero attached hydrogens (tertiary/aromatic N) is 4. The second-order valence-corrected chi connectivity index (χ2v) is 6.98. The number of nitrogens with two attached hydrogens (primary N) is 1. The zero-order chi connectivity index (χ0) is 17.2. The van der Waals surface area contributed by atoms with Crippen molar-refractivity contribution in [2.24, 2.45) is 0 Å². The summed E-state index contributed by atoms with van der Waals surface area (Å²) in [5, 5.41) is 5.77. The normalized spacial score (nSPS) is 18.0. The molecule has 23 heavy (non-hydrogen) atoms. The van der Waals surface area contributed by atoms with Crippen molar-refractivity contribution < 1.29 is 18.0 Å². The Balaban J connectivity index is 2.02. The fourth-order valence-electron chi connectivity index (χ4n) is 2.69. The molecule has 1 aliphatic carbocycles. The van der Waals surface area contributed by atoms with E-state index in [0.29, 0.717) is 4.68 Å². The highest BCUT2D eigenvalue weighted by Gasteiger charge is 2.39. The lowest BCUT2D eigenvalue weighted by molar-refractivity contribution is -0.146. The van der Waals surface area contributed by atoms with Crippen molar-refractivity contribution in [1.82, 2.24) is 19.8 Å². The first-order valence-electron chi connectivity index (χ1n) is 7.43. The molecule has 6 nitrogen and oxygen atoms in total. The second kappa shape index (κ2) is 6.98. The van der Waals surface area contributed by atoms with Crippen LogP contribution < -0.4 is 5.84 Å². The quantitative estimate of drug-likeness (QED) is 0.665. The van der Waals surface area contributed by atoms with Gasteiger partial charge < -0.3 is 10.7 Å². The third-order valence-electron chi connectivity index (χ3n) is 4.02. The molecular weight excluding hydrogens is 331 g/mol. The average molecular weight is 351 g/mol. The lowest BCUT2D eigenvalue weighted by Gasteiger charge is -2.32. The van der Waals surface area contributed by atoms with Gasteiger partial charge in [-0.3, -0.25) is 4.79 Å². The maximum absolute atomic E-state index is 12.6. The number of carbonyl (C=O) groups excluding carboxylic acids is 1. The largest absolute Gasteiger partial charge is 0.453 e. The number of hydrogen-bond donors (Lipinski definition) is 1. The fraction of sp³-hybridized carbons (Fsp3) is 0.769. The molecule has 0 radical (unpaired) electrons. The monoisotopic (exact) mass is 351 g/mol. The molecule has 0 bridgehead atoms. The molecule has 1 aromatic heterocycles. The van der Waals surface area contributed by atoms with Crippen LogP contribution in [0.4, 0.5) is 13.2 Å². The molecule has 0 saturated heterocycles. The van der Waals surface area contributed by atoms with Gasteiger partial charge in [0.1, 0.15) is 0 Å². The van der Waals surface area contributed by atoms with Crippen LogP contribution in [0.5, 0.6) is 0 Å². The van der Waals surface area contributed by atoms with Crippen LogP contribution >= 0.6 is 11.8 Å². The molecule has 1 atom stereocenters. The first kappa shape index (κ1) is 17.9. The van der Waals surface area contributed by atoms with E-state index in [1.54, 1.807) is 18.9 Å². The van der Waals surface area contributed by atoms with Crippen molar-refractivity contribution >= 4 is 17.7 Å². The standard InChI is InChI=1S/C13H20F3N5OS/c1-8(10(22)20(2)9-6-4-3-5-7-9)23-12-19-18-11(21(12)17)13(14,15)16/h8-9H,3-7,17H2,1-2H3/t8-/m1/s1. The SMILES string of the molecule is C[C@@H](Sc1nnc(C(F)(F)F)n1N)C(=O)N(C)C1CCCCC1. The van der Waals surface area contributed by atoms with Crippen LogP contribution in [-0.4, -0.2) is 44.0 Å². The molecule has 1 amide bonds. The van der Waals surface area contributed by atoms with E-state index in [4.69, 9.17) is 5.84 Å². The van der Waals surface area contributed by atoms with Crippen LogP contribution in [0.3, 0.4) is 0 Å². The Morgan fingerprint density at radius 3 is 2.48 bits per heavy atom. The Bertz CT molecular complexity index is 556. The number of alkyl halides is 3. The third kappa shape index (κ3) is 4.10. The number of aromatic nitrogens is 3. The van der Waals surface area contributed by atoms with E-state index in [1.165, 1.54) is 6.42 Å². The number of rotatable bonds is 4. The predicted octanol–water partition coefficient (Wildman–Crippen LogP) is 2.28. The molecule has 1 fully saturated rings. The summed E-state index contributed by atoms with van der Waals surface area (Å²) >= 11 is 0.881. The summed E-state index contributed by atoms with van der Waals surface area (Å²) in [4.78, 5) is 14.1. The number of hydrogen-bond acceptors (Lipinski definition) is 5. The summed E-state index contributed by atoms with van der Waals surface area (Å²) in [6.07, 6.45) is 0.619. The minimum atomic E-state index is -4.67. The van der Waals surface area contributed by atoms with E-state index in [9.17, 15) is 18.0 Å². The number of carbonyl (C=O) groups is 1. The Labute approximate surface area is 136 Å².